The average Bonchev–Trinajstić information content (AvgIpc) is 3.46. The largest absolute Gasteiger partial charge is 0.479 e. The molecule has 0 aliphatic carbocycles. The Labute approximate surface area is 480 Å². The summed E-state index contributed by atoms with van der Waals surface area (Å²) in [5, 5.41) is 31.5. The number of hydrogen-bond acceptors (Lipinski definition) is 11. The van der Waals surface area contributed by atoms with Crippen LogP contribution in [-0.4, -0.2) is 89.2 Å². The molecule has 12 nitrogen and oxygen atoms in total. The van der Waals surface area contributed by atoms with Crippen molar-refractivity contribution in [3.63, 3.8) is 0 Å². The van der Waals surface area contributed by atoms with Gasteiger partial charge in [0.1, 0.15) is 18.8 Å². The van der Waals surface area contributed by atoms with Gasteiger partial charge in [0.25, 0.3) is 0 Å². The molecule has 6 atom stereocenters. The van der Waals surface area contributed by atoms with Crippen LogP contribution < -0.4 is 0 Å². The predicted molar refractivity (Wildman–Crippen MR) is 322 cm³/mol. The minimum atomic E-state index is -1.91. The van der Waals surface area contributed by atoms with E-state index in [2.05, 4.69) is 93.7 Å². The molecule has 0 amide bonds. The van der Waals surface area contributed by atoms with E-state index in [-0.39, 0.29) is 25.9 Å². The van der Waals surface area contributed by atoms with Crippen LogP contribution in [0.25, 0.3) is 0 Å². The van der Waals surface area contributed by atoms with Gasteiger partial charge in [-0.3, -0.25) is 14.4 Å². The van der Waals surface area contributed by atoms with Gasteiger partial charge < -0.3 is 39.0 Å². The van der Waals surface area contributed by atoms with Gasteiger partial charge in [-0.2, -0.15) is 0 Å². The molecular formula is C67H114O12. The van der Waals surface area contributed by atoms with Crippen LogP contribution in [0.3, 0.4) is 0 Å². The SMILES string of the molecule is CC/C=C\C/C=C\C/C=C\CCCCCCCCCC(=O)OC(COC(=O)CCCCCCCCCCC/C=C\C/C=C\CCCCC)COC1OC(C(=O)O)C(O)C(O)C1OC(=O)CCCCCCC/C=C\CCCCCC. The van der Waals surface area contributed by atoms with Gasteiger partial charge in [-0.05, 0) is 109 Å². The van der Waals surface area contributed by atoms with Gasteiger partial charge >= 0.3 is 23.9 Å². The summed E-state index contributed by atoms with van der Waals surface area (Å²) in [6, 6.07) is 0. The standard InChI is InChI=1S/C67H114O12/c1-4-7-10-13-16-19-22-25-27-29-30-32-33-36-38-41-44-47-50-53-59(68)75-56-58(77-60(69)54-51-48-45-42-40-37-34-31-28-26-23-20-17-14-11-8-5-2)57-76-67-65(63(72)62(71)64(79-67)66(73)74)78-61(70)55-52-49-46-43-39-35-24-21-18-15-12-9-6-3/h8,11,16-17,19-21,24-28,58,62-65,67,71-72H,4-7,9-10,12-15,18,22-23,29-57H2,1-3H3,(H,73,74)/b11-8-,19-16-,20-17-,24-21-,27-25-,28-26-. The minimum absolute atomic E-state index is 0.0478. The normalized spacial score (nSPS) is 18.3. The number of allylic oxidation sites excluding steroid dienone is 12. The van der Waals surface area contributed by atoms with E-state index in [4.69, 9.17) is 23.7 Å². The molecule has 1 aliphatic rings. The highest BCUT2D eigenvalue weighted by molar-refractivity contribution is 5.74. The molecule has 1 rings (SSSR count). The fraction of sp³-hybridized carbons (Fsp3) is 0.761. The molecule has 3 N–H and O–H groups in total. The number of carboxylic acids is 1. The molecule has 0 aromatic carbocycles. The quantitative estimate of drug-likeness (QED) is 0.0228. The number of esters is 3. The monoisotopic (exact) mass is 1110 g/mol. The highest BCUT2D eigenvalue weighted by Crippen LogP contribution is 2.26. The highest BCUT2D eigenvalue weighted by Gasteiger charge is 2.50. The Morgan fingerprint density at radius 2 is 0.797 bits per heavy atom. The van der Waals surface area contributed by atoms with Crippen LogP contribution in [0.1, 0.15) is 278 Å². The molecule has 0 spiro atoms. The Morgan fingerprint density at radius 1 is 0.430 bits per heavy atom. The first-order valence-corrected chi connectivity index (χ1v) is 31.9. The van der Waals surface area contributed by atoms with Crippen molar-refractivity contribution in [3.8, 4) is 0 Å². The summed E-state index contributed by atoms with van der Waals surface area (Å²) in [4.78, 5) is 51.3. The number of aliphatic hydroxyl groups excluding tert-OH is 2. The maximum atomic E-state index is 13.2. The fourth-order valence-corrected chi connectivity index (χ4v) is 9.35. The van der Waals surface area contributed by atoms with Crippen molar-refractivity contribution >= 4 is 23.9 Å². The van der Waals surface area contributed by atoms with Gasteiger partial charge in [0.15, 0.2) is 24.6 Å². The lowest BCUT2D eigenvalue weighted by Gasteiger charge is -2.40. The average molecular weight is 1110 g/mol. The topological polar surface area (TPSA) is 175 Å². The van der Waals surface area contributed by atoms with Crippen LogP contribution in [0, 0.1) is 0 Å². The van der Waals surface area contributed by atoms with E-state index in [9.17, 15) is 34.5 Å². The molecule has 79 heavy (non-hydrogen) atoms. The molecule has 0 aromatic rings. The maximum absolute atomic E-state index is 13.2. The van der Waals surface area contributed by atoms with Gasteiger partial charge in [0, 0.05) is 19.3 Å². The van der Waals surface area contributed by atoms with Crippen molar-refractivity contribution in [2.24, 2.45) is 0 Å². The number of carbonyl (C=O) groups excluding carboxylic acids is 3. The molecule has 1 fully saturated rings. The smallest absolute Gasteiger partial charge is 0.335 e. The van der Waals surface area contributed by atoms with Crippen molar-refractivity contribution in [1.29, 1.82) is 0 Å². The Hall–Kier alpha value is -3.84. The van der Waals surface area contributed by atoms with E-state index in [1.54, 1.807) is 0 Å². The van der Waals surface area contributed by atoms with Crippen LogP contribution in [0.5, 0.6) is 0 Å². The number of carboxylic acid groups (broad SMARTS) is 1. The summed E-state index contributed by atoms with van der Waals surface area (Å²) in [5.41, 5.74) is 0. The van der Waals surface area contributed by atoms with Gasteiger partial charge in [-0.25, -0.2) is 4.79 Å². The van der Waals surface area contributed by atoms with E-state index in [0.717, 1.165) is 135 Å². The summed E-state index contributed by atoms with van der Waals surface area (Å²) in [5.74, 6) is -3.14. The molecule has 0 bridgehead atoms. The molecule has 454 valence electrons. The summed E-state index contributed by atoms with van der Waals surface area (Å²) < 4.78 is 28.5. The zero-order valence-electron chi connectivity index (χ0n) is 50.1. The summed E-state index contributed by atoms with van der Waals surface area (Å²) >= 11 is 0. The lowest BCUT2D eigenvalue weighted by Crippen LogP contribution is -2.61. The van der Waals surface area contributed by atoms with E-state index in [1.807, 2.05) is 0 Å². The number of ether oxygens (including phenoxy) is 5. The minimum Gasteiger partial charge on any atom is -0.479 e. The summed E-state index contributed by atoms with van der Waals surface area (Å²) in [6.45, 7) is 5.85. The number of hydrogen-bond donors (Lipinski definition) is 3. The Bertz CT molecular complexity index is 1650. The molecule has 1 saturated heterocycles. The van der Waals surface area contributed by atoms with Crippen LogP contribution in [-0.2, 0) is 42.9 Å². The third-order valence-electron chi connectivity index (χ3n) is 14.2. The molecular weight excluding hydrogens is 997 g/mol. The number of carbonyl (C=O) groups is 4. The fourth-order valence-electron chi connectivity index (χ4n) is 9.35. The third kappa shape index (κ3) is 44.5. The number of unbranched alkanes of at least 4 members (excludes halogenated alkanes) is 28. The van der Waals surface area contributed by atoms with E-state index in [1.165, 1.54) is 83.5 Å². The second-order valence-corrected chi connectivity index (χ2v) is 21.7. The number of aliphatic hydroxyl groups is 2. The first-order valence-electron chi connectivity index (χ1n) is 31.9. The molecule has 0 saturated carbocycles. The maximum Gasteiger partial charge on any atom is 0.335 e. The van der Waals surface area contributed by atoms with Gasteiger partial charge in [0.2, 0.25) is 0 Å². The lowest BCUT2D eigenvalue weighted by atomic mass is 9.98. The second kappa shape index (κ2) is 54.7. The molecule has 1 aliphatic heterocycles. The predicted octanol–water partition coefficient (Wildman–Crippen LogP) is 16.9. The van der Waals surface area contributed by atoms with Gasteiger partial charge in [-0.15, -0.1) is 0 Å². The zero-order valence-corrected chi connectivity index (χ0v) is 50.1. The number of rotatable bonds is 54. The molecule has 0 radical (unpaired) electrons. The van der Waals surface area contributed by atoms with E-state index < -0.39 is 67.3 Å². The van der Waals surface area contributed by atoms with Crippen LogP contribution in [0.15, 0.2) is 72.9 Å². The Kier molecular flexibility index (Phi) is 50.7. The van der Waals surface area contributed by atoms with E-state index >= 15 is 0 Å². The zero-order chi connectivity index (χ0) is 57.5. The number of aliphatic carboxylic acids is 1. The summed E-state index contributed by atoms with van der Waals surface area (Å²) in [7, 11) is 0. The third-order valence-corrected chi connectivity index (χ3v) is 14.2. The summed E-state index contributed by atoms with van der Waals surface area (Å²) in [6.07, 6.45) is 57.2. The van der Waals surface area contributed by atoms with Gasteiger partial charge in [0.05, 0.1) is 6.61 Å². The first kappa shape index (κ1) is 73.2. The Morgan fingerprint density at radius 3 is 1.25 bits per heavy atom. The molecule has 1 heterocycles. The van der Waals surface area contributed by atoms with Crippen molar-refractivity contribution in [3.05, 3.63) is 72.9 Å². The van der Waals surface area contributed by atoms with Crippen molar-refractivity contribution in [1.82, 2.24) is 0 Å². The van der Waals surface area contributed by atoms with Crippen LogP contribution in [0.2, 0.25) is 0 Å². The Balaban J connectivity index is 2.67. The van der Waals surface area contributed by atoms with Crippen LogP contribution in [0.4, 0.5) is 0 Å². The molecule has 6 unspecified atom stereocenters. The van der Waals surface area contributed by atoms with Gasteiger partial charge in [-0.1, -0.05) is 222 Å². The molecule has 0 aromatic heterocycles. The highest BCUT2D eigenvalue weighted by atomic mass is 16.7. The van der Waals surface area contributed by atoms with Crippen molar-refractivity contribution < 1.29 is 58.2 Å². The van der Waals surface area contributed by atoms with E-state index in [0.29, 0.717) is 19.3 Å². The second-order valence-electron chi connectivity index (χ2n) is 21.7. The first-order chi connectivity index (χ1) is 38.6. The molecule has 12 heteroatoms. The van der Waals surface area contributed by atoms with Crippen molar-refractivity contribution in [2.75, 3.05) is 13.2 Å². The lowest BCUT2D eigenvalue weighted by molar-refractivity contribution is -0.301. The van der Waals surface area contributed by atoms with Crippen molar-refractivity contribution in [2.45, 2.75) is 314 Å². The van der Waals surface area contributed by atoms with Crippen LogP contribution >= 0.6 is 0 Å².